The zero-order valence-corrected chi connectivity index (χ0v) is 19.8. The van der Waals surface area contributed by atoms with Gasteiger partial charge in [0.25, 0.3) is 5.91 Å². The van der Waals surface area contributed by atoms with Crippen molar-refractivity contribution in [1.29, 1.82) is 0 Å². The molecule has 1 amide bonds. The van der Waals surface area contributed by atoms with E-state index in [0.29, 0.717) is 18.3 Å². The Balaban J connectivity index is 1.27. The van der Waals surface area contributed by atoms with Gasteiger partial charge in [0.1, 0.15) is 0 Å². The molecule has 0 spiro atoms. The third-order valence-electron chi connectivity index (χ3n) is 7.44. The molecule has 2 aromatic heterocycles. The lowest BCUT2D eigenvalue weighted by Gasteiger charge is -2.39. The maximum Gasteiger partial charge on any atom is 0.272 e. The van der Waals surface area contributed by atoms with Crippen molar-refractivity contribution in [3.8, 4) is 0 Å². The fourth-order valence-corrected chi connectivity index (χ4v) is 5.37. The Morgan fingerprint density at radius 2 is 1.91 bits per heavy atom. The average molecular weight is 460 g/mol. The first kappa shape index (κ1) is 22.7. The first-order valence-electron chi connectivity index (χ1n) is 12.2. The first-order chi connectivity index (χ1) is 16.6. The lowest BCUT2D eigenvalue weighted by Crippen LogP contribution is -2.47. The first-order valence-corrected chi connectivity index (χ1v) is 12.2. The summed E-state index contributed by atoms with van der Waals surface area (Å²) in [6, 6.07) is 15.0. The van der Waals surface area contributed by atoms with Crippen molar-refractivity contribution in [3.05, 3.63) is 82.9 Å². The molecule has 178 valence electrons. The second kappa shape index (κ2) is 10.1. The molecule has 5 rings (SSSR count). The van der Waals surface area contributed by atoms with Crippen LogP contribution in [-0.2, 0) is 36.6 Å². The summed E-state index contributed by atoms with van der Waals surface area (Å²) in [5.41, 5.74) is 5.33. The van der Waals surface area contributed by atoms with Crippen LogP contribution in [0, 0.1) is 0 Å². The normalized spacial score (nSPS) is 19.4. The number of pyridine rings is 1. The van der Waals surface area contributed by atoms with Gasteiger partial charge in [0.05, 0.1) is 0 Å². The van der Waals surface area contributed by atoms with Crippen LogP contribution in [0.25, 0.3) is 0 Å². The van der Waals surface area contributed by atoms with Gasteiger partial charge < -0.3 is 15.4 Å². The number of hydrogen-bond donors (Lipinski definition) is 2. The Morgan fingerprint density at radius 3 is 2.68 bits per heavy atom. The summed E-state index contributed by atoms with van der Waals surface area (Å²) in [6.07, 6.45) is 8.32. The molecule has 1 aliphatic heterocycles. The Morgan fingerprint density at radius 1 is 1.15 bits per heavy atom. The number of ether oxygens (including phenoxy) is 1. The van der Waals surface area contributed by atoms with Crippen LogP contribution in [0.5, 0.6) is 0 Å². The summed E-state index contributed by atoms with van der Waals surface area (Å²) in [6.45, 7) is 2.99. The number of nitrogens with zero attached hydrogens (tertiary/aromatic N) is 3. The molecule has 1 unspecified atom stereocenters. The summed E-state index contributed by atoms with van der Waals surface area (Å²) < 4.78 is 7.58. The number of amides is 1. The quantitative estimate of drug-likeness (QED) is 0.568. The third-order valence-corrected chi connectivity index (χ3v) is 7.44. The minimum absolute atomic E-state index is 0.0967. The van der Waals surface area contributed by atoms with E-state index >= 15 is 0 Å². The Kier molecular flexibility index (Phi) is 6.74. The molecule has 1 fully saturated rings. The van der Waals surface area contributed by atoms with Crippen LogP contribution in [0.2, 0.25) is 0 Å². The number of rotatable bonds is 7. The van der Waals surface area contributed by atoms with Crippen LogP contribution in [0.3, 0.4) is 0 Å². The van der Waals surface area contributed by atoms with E-state index < -0.39 is 0 Å². The summed E-state index contributed by atoms with van der Waals surface area (Å²) in [5.74, 6) is -0.112. The van der Waals surface area contributed by atoms with E-state index in [1.807, 2.05) is 23.9 Å². The van der Waals surface area contributed by atoms with Gasteiger partial charge in [-0.2, -0.15) is 5.10 Å². The average Bonchev–Trinajstić information content (AvgIpc) is 3.23. The lowest BCUT2D eigenvalue weighted by molar-refractivity contribution is 0.0486. The lowest BCUT2D eigenvalue weighted by atomic mass is 9.73. The highest BCUT2D eigenvalue weighted by molar-refractivity contribution is 5.94. The van der Waals surface area contributed by atoms with Gasteiger partial charge in [0, 0.05) is 68.5 Å². The van der Waals surface area contributed by atoms with Crippen molar-refractivity contribution in [2.24, 2.45) is 7.05 Å². The molecule has 34 heavy (non-hydrogen) atoms. The van der Waals surface area contributed by atoms with Crippen LogP contribution in [0.4, 0.5) is 0 Å². The van der Waals surface area contributed by atoms with E-state index in [4.69, 9.17) is 4.74 Å². The molecule has 1 aromatic carbocycles. The minimum Gasteiger partial charge on any atom is -0.381 e. The molecular formula is C27H33N5O2. The maximum absolute atomic E-state index is 13.0. The Labute approximate surface area is 200 Å². The minimum atomic E-state index is -0.112. The largest absolute Gasteiger partial charge is 0.381 e. The molecule has 0 saturated carbocycles. The third kappa shape index (κ3) is 4.76. The van der Waals surface area contributed by atoms with Crippen molar-refractivity contribution in [2.45, 2.75) is 50.1 Å². The molecule has 0 radical (unpaired) electrons. The predicted molar refractivity (Wildman–Crippen MR) is 131 cm³/mol. The van der Waals surface area contributed by atoms with E-state index in [-0.39, 0.29) is 11.3 Å². The number of carbonyl (C=O) groups is 1. The van der Waals surface area contributed by atoms with Gasteiger partial charge in [-0.3, -0.25) is 14.5 Å². The number of benzene rings is 1. The van der Waals surface area contributed by atoms with E-state index in [1.54, 1.807) is 12.4 Å². The zero-order chi connectivity index (χ0) is 23.4. The second-order valence-corrected chi connectivity index (χ2v) is 9.51. The van der Waals surface area contributed by atoms with Crippen LogP contribution in [0.15, 0.2) is 54.9 Å². The van der Waals surface area contributed by atoms with E-state index in [0.717, 1.165) is 63.0 Å². The smallest absolute Gasteiger partial charge is 0.272 e. The highest BCUT2D eigenvalue weighted by Crippen LogP contribution is 2.35. The van der Waals surface area contributed by atoms with Crippen molar-refractivity contribution in [3.63, 3.8) is 0 Å². The monoisotopic (exact) mass is 459 g/mol. The number of nitrogens with one attached hydrogen (secondary N) is 2. The van der Waals surface area contributed by atoms with Crippen LogP contribution in [0.1, 0.15) is 52.1 Å². The topological polar surface area (TPSA) is 81.1 Å². The van der Waals surface area contributed by atoms with E-state index in [2.05, 4.69) is 51.0 Å². The molecule has 1 saturated heterocycles. The summed E-state index contributed by atoms with van der Waals surface area (Å²) in [5, 5.41) is 11.5. The van der Waals surface area contributed by atoms with Crippen molar-refractivity contribution >= 4 is 5.91 Å². The molecule has 1 aliphatic carbocycles. The fraction of sp³-hybridized carbons (Fsp3) is 0.444. The van der Waals surface area contributed by atoms with Gasteiger partial charge in [-0.15, -0.1) is 0 Å². The fourth-order valence-electron chi connectivity index (χ4n) is 5.37. The SMILES string of the molecule is Cn1nc(C(=O)NCc2ccncc2)c2c1CCC(NCC1(c3ccccc3)CCOCC1)C2. The number of carbonyl (C=O) groups excluding carboxylic acids is 1. The van der Waals surface area contributed by atoms with Crippen molar-refractivity contribution in [1.82, 2.24) is 25.4 Å². The van der Waals surface area contributed by atoms with E-state index in [9.17, 15) is 4.79 Å². The standard InChI is InChI=1S/C27H33N5O2/c1-32-24-8-7-22(30-19-27(11-15-34-16-12-27)21-5-3-2-4-6-21)17-23(24)25(31-32)26(33)29-18-20-9-13-28-14-10-20/h2-6,9-10,13-14,22,30H,7-8,11-12,15-19H2,1H3,(H,29,33). The Bertz CT molecular complexity index is 1110. The molecular weight excluding hydrogens is 426 g/mol. The molecule has 3 heterocycles. The molecule has 2 N–H and O–H groups in total. The zero-order valence-electron chi connectivity index (χ0n) is 19.8. The number of aromatic nitrogens is 3. The van der Waals surface area contributed by atoms with Gasteiger partial charge >= 0.3 is 0 Å². The highest BCUT2D eigenvalue weighted by Gasteiger charge is 2.36. The van der Waals surface area contributed by atoms with Crippen LogP contribution in [-0.4, -0.2) is 46.5 Å². The summed E-state index contributed by atoms with van der Waals surface area (Å²) in [7, 11) is 1.94. The van der Waals surface area contributed by atoms with Gasteiger partial charge in [0.15, 0.2) is 5.69 Å². The van der Waals surface area contributed by atoms with Gasteiger partial charge in [-0.05, 0) is 55.4 Å². The highest BCUT2D eigenvalue weighted by atomic mass is 16.5. The molecule has 1 atom stereocenters. The summed E-state index contributed by atoms with van der Waals surface area (Å²) in [4.78, 5) is 17.0. The molecule has 0 bridgehead atoms. The predicted octanol–water partition coefficient (Wildman–Crippen LogP) is 2.94. The Hall–Kier alpha value is -3.03. The molecule has 3 aromatic rings. The van der Waals surface area contributed by atoms with Crippen molar-refractivity contribution < 1.29 is 9.53 Å². The van der Waals surface area contributed by atoms with Crippen LogP contribution < -0.4 is 10.6 Å². The van der Waals surface area contributed by atoms with Gasteiger partial charge in [-0.25, -0.2) is 0 Å². The number of hydrogen-bond acceptors (Lipinski definition) is 5. The summed E-state index contributed by atoms with van der Waals surface area (Å²) >= 11 is 0. The van der Waals surface area contributed by atoms with Gasteiger partial charge in [-0.1, -0.05) is 30.3 Å². The van der Waals surface area contributed by atoms with Crippen molar-refractivity contribution in [2.75, 3.05) is 19.8 Å². The number of aryl methyl sites for hydroxylation is 1. The maximum atomic E-state index is 13.0. The number of fused-ring (bicyclic) bond motifs is 1. The second-order valence-electron chi connectivity index (χ2n) is 9.51. The molecule has 7 nitrogen and oxygen atoms in total. The van der Waals surface area contributed by atoms with Crippen LogP contribution >= 0.6 is 0 Å². The molecule has 2 aliphatic rings. The van der Waals surface area contributed by atoms with E-state index in [1.165, 1.54) is 11.3 Å². The molecule has 7 heteroatoms. The van der Waals surface area contributed by atoms with Gasteiger partial charge in [0.2, 0.25) is 0 Å².